The predicted octanol–water partition coefficient (Wildman–Crippen LogP) is 6.88. The third-order valence-corrected chi connectivity index (χ3v) is 7.86. The van der Waals surface area contributed by atoms with E-state index in [1.807, 2.05) is 115 Å². The molecule has 1 saturated heterocycles. The summed E-state index contributed by atoms with van der Waals surface area (Å²) >= 11 is 0. The van der Waals surface area contributed by atoms with Gasteiger partial charge in [0.2, 0.25) is 0 Å². The van der Waals surface area contributed by atoms with Crippen LogP contribution in [0.3, 0.4) is 0 Å². The van der Waals surface area contributed by atoms with Gasteiger partial charge in [0, 0.05) is 0 Å². The van der Waals surface area contributed by atoms with E-state index in [9.17, 15) is 5.11 Å². The molecule has 0 amide bonds. The van der Waals surface area contributed by atoms with Gasteiger partial charge < -0.3 is 24.1 Å². The lowest BCUT2D eigenvalue weighted by atomic mass is 9.80. The van der Waals surface area contributed by atoms with Crippen LogP contribution >= 0.6 is 0 Å². The lowest BCUT2D eigenvalue weighted by Gasteiger charge is -2.37. The third kappa shape index (κ3) is 6.62. The average Bonchev–Trinajstić information content (AvgIpc) is 3.39. The number of rotatable bonds is 12. The van der Waals surface area contributed by atoms with Crippen molar-refractivity contribution in [1.29, 1.82) is 0 Å². The van der Waals surface area contributed by atoms with E-state index < -0.39 is 30.2 Å². The number of hydrogen-bond acceptors (Lipinski definition) is 5. The van der Waals surface area contributed by atoms with Crippen LogP contribution in [0.4, 0.5) is 0 Å². The van der Waals surface area contributed by atoms with Crippen molar-refractivity contribution < 1.29 is 24.1 Å². The van der Waals surface area contributed by atoms with Gasteiger partial charge >= 0.3 is 0 Å². The summed E-state index contributed by atoms with van der Waals surface area (Å²) in [4.78, 5) is 0. The van der Waals surface area contributed by atoms with Gasteiger partial charge in [0.15, 0.2) is 6.29 Å². The highest BCUT2D eigenvalue weighted by molar-refractivity contribution is 5.47. The maximum Gasteiger partial charge on any atom is 0.184 e. The molecule has 4 atom stereocenters. The Morgan fingerprint density at radius 3 is 1.30 bits per heavy atom. The van der Waals surface area contributed by atoms with Gasteiger partial charge in [-0.15, -0.1) is 0 Å². The second-order valence-corrected chi connectivity index (χ2v) is 10.7. The van der Waals surface area contributed by atoms with Gasteiger partial charge in [0.25, 0.3) is 0 Å². The van der Waals surface area contributed by atoms with Crippen molar-refractivity contribution in [2.75, 3.05) is 6.61 Å². The Bertz CT molecular complexity index is 1420. The molecule has 0 radical (unpaired) electrons. The van der Waals surface area contributed by atoms with Crippen LogP contribution in [0.1, 0.15) is 27.8 Å². The summed E-state index contributed by atoms with van der Waals surface area (Å²) in [6, 6.07) is 50.5. The Labute approximate surface area is 253 Å². The van der Waals surface area contributed by atoms with E-state index >= 15 is 0 Å². The van der Waals surface area contributed by atoms with Crippen LogP contribution in [-0.4, -0.2) is 36.3 Å². The molecule has 1 heterocycles. The maximum atomic E-state index is 11.1. The Balaban J connectivity index is 1.32. The highest BCUT2D eigenvalue weighted by atomic mass is 16.7. The van der Waals surface area contributed by atoms with Crippen molar-refractivity contribution in [3.63, 3.8) is 0 Å². The first-order chi connectivity index (χ1) is 21.2. The summed E-state index contributed by atoms with van der Waals surface area (Å²) in [6.07, 6.45) is -3.02. The van der Waals surface area contributed by atoms with Gasteiger partial charge in [0.05, 0.1) is 19.8 Å². The topological polar surface area (TPSA) is 57.2 Å². The molecule has 1 aliphatic heterocycles. The molecule has 43 heavy (non-hydrogen) atoms. The summed E-state index contributed by atoms with van der Waals surface area (Å²) in [5.41, 5.74) is 4.08. The molecule has 0 aromatic heterocycles. The number of hydrogen-bond donors (Lipinski definition) is 1. The molecule has 1 N–H and O–H groups in total. The SMILES string of the molecule is OC1OC(COC(c2ccccc2)(c2ccccc2)c2ccccc2)C(OCc2ccccc2)C1OCc1ccccc1. The lowest BCUT2D eigenvalue weighted by molar-refractivity contribution is -0.157. The molecule has 4 unspecified atom stereocenters. The normalized spacial score (nSPS) is 20.2. The van der Waals surface area contributed by atoms with E-state index in [2.05, 4.69) is 36.4 Å². The van der Waals surface area contributed by atoms with Gasteiger partial charge in [-0.1, -0.05) is 152 Å². The van der Waals surface area contributed by atoms with Crippen molar-refractivity contribution in [3.8, 4) is 0 Å². The fourth-order valence-electron chi connectivity index (χ4n) is 5.73. The van der Waals surface area contributed by atoms with E-state index in [0.717, 1.165) is 27.8 Å². The molecule has 0 aliphatic carbocycles. The Morgan fingerprint density at radius 1 is 0.512 bits per heavy atom. The highest BCUT2D eigenvalue weighted by Gasteiger charge is 2.48. The van der Waals surface area contributed by atoms with E-state index in [0.29, 0.717) is 13.2 Å². The lowest BCUT2D eigenvalue weighted by Crippen LogP contribution is -2.41. The van der Waals surface area contributed by atoms with Crippen molar-refractivity contribution >= 4 is 0 Å². The molecule has 0 spiro atoms. The summed E-state index contributed by atoms with van der Waals surface area (Å²) in [7, 11) is 0. The second-order valence-electron chi connectivity index (χ2n) is 10.7. The van der Waals surface area contributed by atoms with Crippen LogP contribution in [0.15, 0.2) is 152 Å². The van der Waals surface area contributed by atoms with Crippen LogP contribution < -0.4 is 0 Å². The van der Waals surface area contributed by atoms with Crippen molar-refractivity contribution in [3.05, 3.63) is 179 Å². The fourth-order valence-corrected chi connectivity index (χ4v) is 5.73. The van der Waals surface area contributed by atoms with Gasteiger partial charge in [-0.2, -0.15) is 0 Å². The zero-order valence-electron chi connectivity index (χ0n) is 23.9. The van der Waals surface area contributed by atoms with Gasteiger partial charge in [-0.05, 0) is 27.8 Å². The van der Waals surface area contributed by atoms with E-state index in [4.69, 9.17) is 18.9 Å². The number of ether oxygens (including phenoxy) is 4. The molecule has 0 saturated carbocycles. The van der Waals surface area contributed by atoms with E-state index in [1.165, 1.54) is 0 Å². The fraction of sp³-hybridized carbons (Fsp3) is 0.211. The molecular formula is C38H36O5. The molecule has 5 heteroatoms. The summed E-state index contributed by atoms with van der Waals surface area (Å²) in [5.74, 6) is 0. The number of aliphatic hydroxyl groups is 1. The van der Waals surface area contributed by atoms with Crippen molar-refractivity contribution in [2.45, 2.75) is 43.4 Å². The molecule has 0 bridgehead atoms. The molecule has 5 nitrogen and oxygen atoms in total. The maximum absolute atomic E-state index is 11.1. The first kappa shape index (κ1) is 29.0. The smallest absolute Gasteiger partial charge is 0.184 e. The van der Waals surface area contributed by atoms with Gasteiger partial charge in [0.1, 0.15) is 23.9 Å². The molecule has 6 rings (SSSR count). The van der Waals surface area contributed by atoms with Crippen LogP contribution in [0.25, 0.3) is 0 Å². The predicted molar refractivity (Wildman–Crippen MR) is 166 cm³/mol. The van der Waals surface area contributed by atoms with Crippen LogP contribution in [-0.2, 0) is 37.8 Å². The third-order valence-electron chi connectivity index (χ3n) is 7.86. The highest BCUT2D eigenvalue weighted by Crippen LogP contribution is 2.41. The molecule has 5 aromatic rings. The Morgan fingerprint density at radius 2 is 0.884 bits per heavy atom. The zero-order chi connectivity index (χ0) is 29.3. The molecule has 218 valence electrons. The van der Waals surface area contributed by atoms with Crippen LogP contribution in [0.5, 0.6) is 0 Å². The largest absolute Gasteiger partial charge is 0.368 e. The van der Waals surface area contributed by atoms with Gasteiger partial charge in [-0.25, -0.2) is 0 Å². The first-order valence-electron chi connectivity index (χ1n) is 14.7. The minimum Gasteiger partial charge on any atom is -0.368 e. The Hall–Kier alpha value is -4.10. The van der Waals surface area contributed by atoms with Crippen molar-refractivity contribution in [1.82, 2.24) is 0 Å². The monoisotopic (exact) mass is 572 g/mol. The molecule has 5 aromatic carbocycles. The minimum absolute atomic E-state index is 0.153. The van der Waals surface area contributed by atoms with Gasteiger partial charge in [-0.3, -0.25) is 0 Å². The molecule has 1 aliphatic rings. The average molecular weight is 573 g/mol. The van der Waals surface area contributed by atoms with Crippen LogP contribution in [0, 0.1) is 0 Å². The summed E-state index contributed by atoms with van der Waals surface area (Å²) in [5, 5.41) is 11.1. The van der Waals surface area contributed by atoms with E-state index in [1.54, 1.807) is 0 Å². The first-order valence-corrected chi connectivity index (χ1v) is 14.7. The number of aliphatic hydroxyl groups excluding tert-OH is 1. The molecular weight excluding hydrogens is 536 g/mol. The zero-order valence-corrected chi connectivity index (χ0v) is 23.9. The Kier molecular flexibility index (Phi) is 9.38. The minimum atomic E-state index is -1.17. The quantitative estimate of drug-likeness (QED) is 0.165. The number of benzene rings is 5. The van der Waals surface area contributed by atoms with Crippen molar-refractivity contribution in [2.24, 2.45) is 0 Å². The molecule has 1 fully saturated rings. The second kappa shape index (κ2) is 13.9. The summed E-state index contributed by atoms with van der Waals surface area (Å²) < 4.78 is 25.9. The standard InChI is InChI=1S/C38H36O5/c39-37-36(41-27-30-18-8-2-9-19-30)35(40-26-29-16-6-1-7-17-29)34(43-37)28-42-38(31-20-10-3-11-21-31,32-22-12-4-13-23-32)33-24-14-5-15-25-33/h1-25,34-37,39H,26-28H2. The summed E-state index contributed by atoms with van der Waals surface area (Å²) in [6.45, 7) is 0.831. The van der Waals surface area contributed by atoms with Crippen LogP contribution in [0.2, 0.25) is 0 Å². The van der Waals surface area contributed by atoms with E-state index in [-0.39, 0.29) is 6.61 Å².